The van der Waals surface area contributed by atoms with Gasteiger partial charge in [-0.15, -0.1) is 23.2 Å². The minimum Gasteiger partial charge on any atom is -0.211 e. The number of para-hydroxylation sites is 1. The van der Waals surface area contributed by atoms with Crippen molar-refractivity contribution in [3.8, 4) is 0 Å². The first-order valence-electron chi connectivity index (χ1n) is 3.10. The Labute approximate surface area is 80.8 Å². The second-order valence-electron chi connectivity index (χ2n) is 1.64. The van der Waals surface area contributed by atoms with Crippen LogP contribution in [0.1, 0.15) is 0 Å². The smallest absolute Gasteiger partial charge is 0.211 e. The van der Waals surface area contributed by atoms with Crippen LogP contribution in [0.25, 0.3) is 0 Å². The molecule has 0 aliphatic carbocycles. The van der Waals surface area contributed by atoms with Crippen molar-refractivity contribution < 1.29 is 4.79 Å². The lowest BCUT2D eigenvalue weighted by Crippen LogP contribution is -1.59. The third-order valence-corrected chi connectivity index (χ3v) is 0.931. The standard InChI is InChI=1S/C7H5NO.CH2Cl2/c9-6-8-7-4-2-1-3-5-7;2-1-3/h1-5H;1H2. The minimum absolute atomic E-state index is 0.194. The van der Waals surface area contributed by atoms with Crippen LogP contribution in [0.5, 0.6) is 0 Å². The zero-order chi connectivity index (χ0) is 9.23. The summed E-state index contributed by atoms with van der Waals surface area (Å²) in [7, 11) is 0. The summed E-state index contributed by atoms with van der Waals surface area (Å²) in [5.74, 6) is 0. The van der Waals surface area contributed by atoms with Gasteiger partial charge in [-0.1, -0.05) is 18.2 Å². The van der Waals surface area contributed by atoms with Crippen LogP contribution in [-0.2, 0) is 4.79 Å². The van der Waals surface area contributed by atoms with E-state index in [1.165, 1.54) is 6.08 Å². The molecule has 0 bridgehead atoms. The fraction of sp³-hybridized carbons (Fsp3) is 0.125. The van der Waals surface area contributed by atoms with Gasteiger partial charge in [0.1, 0.15) is 0 Å². The number of carbonyl (C=O) groups excluding carboxylic acids is 1. The quantitative estimate of drug-likeness (QED) is 0.392. The van der Waals surface area contributed by atoms with Crippen molar-refractivity contribution in [1.29, 1.82) is 0 Å². The maximum Gasteiger partial charge on any atom is 0.240 e. The molecule has 0 saturated heterocycles. The molecule has 12 heavy (non-hydrogen) atoms. The number of aliphatic imine (C=N–C) groups is 1. The lowest BCUT2D eigenvalue weighted by Gasteiger charge is -1.83. The van der Waals surface area contributed by atoms with Gasteiger partial charge in [0.2, 0.25) is 6.08 Å². The van der Waals surface area contributed by atoms with E-state index in [0.717, 1.165) is 0 Å². The molecule has 0 radical (unpaired) electrons. The number of halogens is 2. The zero-order valence-electron chi connectivity index (χ0n) is 6.21. The normalized spacial score (nSPS) is 7.50. The molecule has 0 spiro atoms. The van der Waals surface area contributed by atoms with Gasteiger partial charge in [-0.2, -0.15) is 4.99 Å². The molecule has 0 aliphatic rings. The van der Waals surface area contributed by atoms with Crippen molar-refractivity contribution in [2.75, 3.05) is 5.34 Å². The van der Waals surface area contributed by atoms with Gasteiger partial charge in [0.05, 0.1) is 11.0 Å². The highest BCUT2D eigenvalue weighted by Crippen LogP contribution is 2.06. The van der Waals surface area contributed by atoms with E-state index >= 15 is 0 Å². The van der Waals surface area contributed by atoms with Crippen LogP contribution in [0.2, 0.25) is 0 Å². The molecule has 4 heteroatoms. The molecule has 0 saturated carbocycles. The Balaban J connectivity index is 0.000000354. The van der Waals surface area contributed by atoms with E-state index in [2.05, 4.69) is 4.99 Å². The van der Waals surface area contributed by atoms with Gasteiger partial charge < -0.3 is 0 Å². The van der Waals surface area contributed by atoms with Crippen LogP contribution in [0, 0.1) is 0 Å². The molecule has 2 nitrogen and oxygen atoms in total. The molecule has 1 rings (SSSR count). The van der Waals surface area contributed by atoms with E-state index in [0.29, 0.717) is 5.69 Å². The number of benzene rings is 1. The van der Waals surface area contributed by atoms with Crippen molar-refractivity contribution in [2.24, 2.45) is 4.99 Å². The van der Waals surface area contributed by atoms with E-state index in [-0.39, 0.29) is 5.34 Å². The first kappa shape index (κ1) is 11.2. The summed E-state index contributed by atoms with van der Waals surface area (Å²) in [5.41, 5.74) is 0.646. The predicted octanol–water partition coefficient (Wildman–Crippen LogP) is 3.08. The number of isocyanates is 1. The third kappa shape index (κ3) is 5.93. The molecule has 0 heterocycles. The van der Waals surface area contributed by atoms with Crippen molar-refractivity contribution in [2.45, 2.75) is 0 Å². The lowest BCUT2D eigenvalue weighted by molar-refractivity contribution is 0.565. The molecule has 0 unspecified atom stereocenters. The molecule has 0 N–H and O–H groups in total. The maximum atomic E-state index is 9.68. The highest BCUT2D eigenvalue weighted by Gasteiger charge is 1.79. The van der Waals surface area contributed by atoms with Gasteiger partial charge in [0, 0.05) is 0 Å². The van der Waals surface area contributed by atoms with Crippen molar-refractivity contribution >= 4 is 35.0 Å². The number of nitrogens with zero attached hydrogens (tertiary/aromatic N) is 1. The predicted molar refractivity (Wildman–Crippen MR) is 50.8 cm³/mol. The highest BCUT2D eigenvalue weighted by molar-refractivity contribution is 6.40. The van der Waals surface area contributed by atoms with Gasteiger partial charge in [-0.3, -0.25) is 0 Å². The Kier molecular flexibility index (Phi) is 7.71. The Morgan fingerprint density at radius 2 is 1.75 bits per heavy atom. The fourth-order valence-electron chi connectivity index (χ4n) is 0.555. The zero-order valence-corrected chi connectivity index (χ0v) is 7.72. The Bertz CT molecular complexity index is 244. The van der Waals surface area contributed by atoms with E-state index in [1.807, 2.05) is 18.2 Å². The molecular formula is C8H7Cl2NO. The van der Waals surface area contributed by atoms with E-state index in [1.54, 1.807) is 12.1 Å². The number of hydrogen-bond donors (Lipinski definition) is 0. The van der Waals surface area contributed by atoms with Crippen molar-refractivity contribution in [3.63, 3.8) is 0 Å². The molecule has 0 atom stereocenters. The van der Waals surface area contributed by atoms with Gasteiger partial charge in [-0.05, 0) is 12.1 Å². The monoisotopic (exact) mass is 203 g/mol. The molecule has 1 aromatic rings. The highest BCUT2D eigenvalue weighted by atomic mass is 35.5. The van der Waals surface area contributed by atoms with Crippen LogP contribution in [0.3, 0.4) is 0 Å². The summed E-state index contributed by atoms with van der Waals surface area (Å²) in [5, 5.41) is 0.194. The van der Waals surface area contributed by atoms with Crippen molar-refractivity contribution in [3.05, 3.63) is 30.3 Å². The van der Waals surface area contributed by atoms with Gasteiger partial charge in [-0.25, -0.2) is 4.79 Å². The second kappa shape index (κ2) is 8.28. The first-order valence-corrected chi connectivity index (χ1v) is 4.17. The Morgan fingerprint density at radius 1 is 1.25 bits per heavy atom. The second-order valence-corrected chi connectivity index (χ2v) is 2.45. The van der Waals surface area contributed by atoms with Crippen LogP contribution in [0.15, 0.2) is 35.3 Å². The topological polar surface area (TPSA) is 29.4 Å². The number of hydrogen-bond acceptors (Lipinski definition) is 2. The largest absolute Gasteiger partial charge is 0.240 e. The summed E-state index contributed by atoms with van der Waals surface area (Å²) < 4.78 is 0. The maximum absolute atomic E-state index is 9.68. The van der Waals surface area contributed by atoms with Gasteiger partial charge in [0.15, 0.2) is 0 Å². The van der Waals surface area contributed by atoms with Gasteiger partial charge >= 0.3 is 0 Å². The van der Waals surface area contributed by atoms with E-state index < -0.39 is 0 Å². The summed E-state index contributed by atoms with van der Waals surface area (Å²) in [4.78, 5) is 13.1. The molecule has 0 aromatic heterocycles. The third-order valence-electron chi connectivity index (χ3n) is 0.931. The van der Waals surface area contributed by atoms with Crippen LogP contribution in [0.4, 0.5) is 5.69 Å². The fourth-order valence-corrected chi connectivity index (χ4v) is 0.555. The van der Waals surface area contributed by atoms with Crippen LogP contribution >= 0.6 is 23.2 Å². The first-order chi connectivity index (χ1) is 5.85. The molecule has 0 amide bonds. The lowest BCUT2D eigenvalue weighted by atomic mass is 10.3. The average molecular weight is 204 g/mol. The van der Waals surface area contributed by atoms with E-state index in [9.17, 15) is 4.79 Å². The van der Waals surface area contributed by atoms with Crippen LogP contribution < -0.4 is 0 Å². The number of alkyl halides is 2. The number of rotatable bonds is 1. The summed E-state index contributed by atoms with van der Waals surface area (Å²) in [6.07, 6.45) is 1.46. The Morgan fingerprint density at radius 3 is 2.17 bits per heavy atom. The molecular weight excluding hydrogens is 197 g/mol. The minimum atomic E-state index is 0.194. The Hall–Kier alpha value is -0.820. The van der Waals surface area contributed by atoms with Gasteiger partial charge in [0.25, 0.3) is 0 Å². The molecule has 1 aromatic carbocycles. The molecule has 0 fully saturated rings. The SMILES string of the molecule is ClCCl.O=C=Nc1ccccc1. The van der Waals surface area contributed by atoms with Crippen LogP contribution in [-0.4, -0.2) is 11.4 Å². The summed E-state index contributed by atoms with van der Waals surface area (Å²) >= 11 is 9.53. The molecule has 64 valence electrons. The summed E-state index contributed by atoms with van der Waals surface area (Å²) in [6.45, 7) is 0. The molecule has 0 aliphatic heterocycles. The summed E-state index contributed by atoms with van der Waals surface area (Å²) in [6, 6.07) is 8.98. The average Bonchev–Trinajstić information content (AvgIpc) is 2.08. The van der Waals surface area contributed by atoms with Crippen molar-refractivity contribution in [1.82, 2.24) is 0 Å². The van der Waals surface area contributed by atoms with E-state index in [4.69, 9.17) is 23.2 Å².